The van der Waals surface area contributed by atoms with Gasteiger partial charge in [-0.05, 0) is 30.2 Å². The highest BCUT2D eigenvalue weighted by Gasteiger charge is 2.10. The molecule has 0 atom stereocenters. The summed E-state index contributed by atoms with van der Waals surface area (Å²) in [4.78, 5) is 10.6. The molecule has 0 aliphatic heterocycles. The number of rotatable bonds is 6. The molecule has 0 saturated carbocycles. The molecular weight excluding hydrogens is 321 g/mol. The smallest absolute Gasteiger partial charge is 0.240 e. The van der Waals surface area contributed by atoms with Gasteiger partial charge in [0.25, 0.3) is 0 Å². The van der Waals surface area contributed by atoms with E-state index in [-0.39, 0.29) is 5.82 Å². The molecule has 0 spiro atoms. The van der Waals surface area contributed by atoms with Crippen LogP contribution in [-0.4, -0.2) is 29.2 Å². The summed E-state index contributed by atoms with van der Waals surface area (Å²) in [5.74, 6) is 1.47. The zero-order valence-corrected chi connectivity index (χ0v) is 14.5. The van der Waals surface area contributed by atoms with Crippen molar-refractivity contribution in [1.82, 2.24) is 20.4 Å². The van der Waals surface area contributed by atoms with Gasteiger partial charge in [-0.15, -0.1) is 0 Å². The Kier molecular flexibility index (Phi) is 5.04. The second kappa shape index (κ2) is 7.40. The number of aryl methyl sites for hydroxylation is 1. The SMILES string of the molecule is Cc1ccc(-c2noc(CNCc3ccc(N(C)C)nc3)n2)cc1F. The van der Waals surface area contributed by atoms with Crippen molar-refractivity contribution in [2.45, 2.75) is 20.0 Å². The molecule has 7 heteroatoms. The molecule has 3 rings (SSSR count). The number of nitrogens with zero attached hydrogens (tertiary/aromatic N) is 4. The third-order valence-corrected chi connectivity index (χ3v) is 3.77. The Hall–Kier alpha value is -2.80. The van der Waals surface area contributed by atoms with Crippen LogP contribution in [0.3, 0.4) is 0 Å². The molecule has 0 fully saturated rings. The monoisotopic (exact) mass is 341 g/mol. The highest BCUT2D eigenvalue weighted by atomic mass is 19.1. The second-order valence-electron chi connectivity index (χ2n) is 6.00. The van der Waals surface area contributed by atoms with Crippen LogP contribution < -0.4 is 10.2 Å². The molecule has 0 aliphatic rings. The van der Waals surface area contributed by atoms with E-state index in [1.807, 2.05) is 37.3 Å². The van der Waals surface area contributed by atoms with Gasteiger partial charge < -0.3 is 14.7 Å². The maximum Gasteiger partial charge on any atom is 0.240 e. The number of hydrogen-bond acceptors (Lipinski definition) is 6. The number of benzene rings is 1. The summed E-state index contributed by atoms with van der Waals surface area (Å²) in [5, 5.41) is 7.13. The first kappa shape index (κ1) is 17.0. The minimum atomic E-state index is -0.282. The molecule has 130 valence electrons. The highest BCUT2D eigenvalue weighted by Crippen LogP contribution is 2.19. The van der Waals surface area contributed by atoms with E-state index in [1.165, 1.54) is 6.07 Å². The van der Waals surface area contributed by atoms with Gasteiger partial charge in [-0.3, -0.25) is 0 Å². The molecule has 0 bridgehead atoms. The molecule has 6 nitrogen and oxygen atoms in total. The van der Waals surface area contributed by atoms with Crippen LogP contribution in [0.2, 0.25) is 0 Å². The molecule has 0 unspecified atom stereocenters. The largest absolute Gasteiger partial charge is 0.363 e. The topological polar surface area (TPSA) is 67.1 Å². The number of aromatic nitrogens is 3. The quantitative estimate of drug-likeness (QED) is 0.743. The minimum absolute atomic E-state index is 0.282. The van der Waals surface area contributed by atoms with Crippen molar-refractivity contribution >= 4 is 5.82 Å². The van der Waals surface area contributed by atoms with E-state index in [0.29, 0.717) is 35.9 Å². The molecule has 0 saturated heterocycles. The van der Waals surface area contributed by atoms with Gasteiger partial charge in [0.05, 0.1) is 6.54 Å². The highest BCUT2D eigenvalue weighted by molar-refractivity contribution is 5.54. The van der Waals surface area contributed by atoms with Gasteiger partial charge in [0.1, 0.15) is 11.6 Å². The van der Waals surface area contributed by atoms with Gasteiger partial charge in [0.15, 0.2) is 0 Å². The van der Waals surface area contributed by atoms with E-state index in [1.54, 1.807) is 19.1 Å². The van der Waals surface area contributed by atoms with E-state index in [0.717, 1.165) is 11.4 Å². The zero-order valence-electron chi connectivity index (χ0n) is 14.5. The number of hydrogen-bond donors (Lipinski definition) is 1. The fourth-order valence-electron chi connectivity index (χ4n) is 2.28. The van der Waals surface area contributed by atoms with Crippen molar-refractivity contribution in [3.63, 3.8) is 0 Å². The first-order chi connectivity index (χ1) is 12.0. The zero-order chi connectivity index (χ0) is 17.8. The first-order valence-corrected chi connectivity index (χ1v) is 7.95. The maximum absolute atomic E-state index is 13.6. The third-order valence-electron chi connectivity index (χ3n) is 3.77. The lowest BCUT2D eigenvalue weighted by atomic mass is 10.1. The van der Waals surface area contributed by atoms with Gasteiger partial charge in [-0.25, -0.2) is 9.37 Å². The Balaban J connectivity index is 1.57. The lowest BCUT2D eigenvalue weighted by Gasteiger charge is -2.11. The van der Waals surface area contributed by atoms with Crippen LogP contribution >= 0.6 is 0 Å². The molecule has 0 aliphatic carbocycles. The standard InChI is InChI=1S/C18H20FN5O/c1-12-4-6-14(8-15(12)19)18-22-17(25-23-18)11-20-9-13-5-7-16(21-10-13)24(2)3/h4-8,10,20H,9,11H2,1-3H3. The van der Waals surface area contributed by atoms with Crippen molar-refractivity contribution in [3.8, 4) is 11.4 Å². The molecule has 0 amide bonds. The van der Waals surface area contributed by atoms with Crippen LogP contribution in [0.15, 0.2) is 41.1 Å². The summed E-state index contributed by atoms with van der Waals surface area (Å²) >= 11 is 0. The summed E-state index contributed by atoms with van der Waals surface area (Å²) in [6.07, 6.45) is 1.83. The first-order valence-electron chi connectivity index (χ1n) is 7.95. The number of anilines is 1. The van der Waals surface area contributed by atoms with Crippen LogP contribution in [0.1, 0.15) is 17.0 Å². The van der Waals surface area contributed by atoms with Crippen molar-refractivity contribution in [1.29, 1.82) is 0 Å². The molecule has 0 radical (unpaired) electrons. The number of pyridine rings is 1. The summed E-state index contributed by atoms with van der Waals surface area (Å²) in [7, 11) is 3.90. The summed E-state index contributed by atoms with van der Waals surface area (Å²) in [6.45, 7) is 2.78. The number of halogens is 1. The van der Waals surface area contributed by atoms with Crippen LogP contribution in [0.25, 0.3) is 11.4 Å². The second-order valence-corrected chi connectivity index (χ2v) is 6.00. The average molecular weight is 341 g/mol. The lowest BCUT2D eigenvalue weighted by Crippen LogP contribution is -2.14. The fourth-order valence-corrected chi connectivity index (χ4v) is 2.28. The lowest BCUT2D eigenvalue weighted by molar-refractivity contribution is 0.367. The molecule has 2 aromatic heterocycles. The predicted octanol–water partition coefficient (Wildman–Crippen LogP) is 2.93. The molecule has 2 heterocycles. The van der Waals surface area contributed by atoms with Gasteiger partial charge in [-0.1, -0.05) is 23.4 Å². The molecule has 1 N–H and O–H groups in total. The Bertz CT molecular complexity index is 845. The normalized spacial score (nSPS) is 10.9. The summed E-state index contributed by atoms with van der Waals surface area (Å²) in [5.41, 5.74) is 2.25. The van der Waals surface area contributed by atoms with Crippen molar-refractivity contribution in [2.75, 3.05) is 19.0 Å². The minimum Gasteiger partial charge on any atom is -0.363 e. The molecule has 25 heavy (non-hydrogen) atoms. The molecule has 3 aromatic rings. The number of nitrogens with one attached hydrogen (secondary N) is 1. The van der Waals surface area contributed by atoms with Gasteiger partial charge in [0, 0.05) is 32.4 Å². The summed E-state index contributed by atoms with van der Waals surface area (Å²) < 4.78 is 18.8. The van der Waals surface area contributed by atoms with Gasteiger partial charge in [-0.2, -0.15) is 4.98 Å². The Morgan fingerprint density at radius 1 is 1.16 bits per heavy atom. The van der Waals surface area contributed by atoms with Gasteiger partial charge in [0.2, 0.25) is 11.7 Å². The summed E-state index contributed by atoms with van der Waals surface area (Å²) in [6, 6.07) is 8.87. The molecular formula is C18H20FN5O. The Morgan fingerprint density at radius 3 is 2.68 bits per heavy atom. The van der Waals surface area contributed by atoms with Crippen molar-refractivity contribution < 1.29 is 8.91 Å². The van der Waals surface area contributed by atoms with Crippen molar-refractivity contribution in [3.05, 3.63) is 59.4 Å². The van der Waals surface area contributed by atoms with E-state index in [4.69, 9.17) is 4.52 Å². The van der Waals surface area contributed by atoms with E-state index < -0.39 is 0 Å². The average Bonchev–Trinajstić information content (AvgIpc) is 3.07. The fraction of sp³-hybridized carbons (Fsp3) is 0.278. The van der Waals surface area contributed by atoms with E-state index in [9.17, 15) is 4.39 Å². The van der Waals surface area contributed by atoms with Gasteiger partial charge >= 0.3 is 0 Å². The van der Waals surface area contributed by atoms with E-state index in [2.05, 4.69) is 20.4 Å². The predicted molar refractivity (Wildman–Crippen MR) is 93.5 cm³/mol. The maximum atomic E-state index is 13.6. The molecule has 1 aromatic carbocycles. The van der Waals surface area contributed by atoms with Crippen molar-refractivity contribution in [2.24, 2.45) is 0 Å². The van der Waals surface area contributed by atoms with Crippen LogP contribution in [0.4, 0.5) is 10.2 Å². The van der Waals surface area contributed by atoms with E-state index >= 15 is 0 Å². The van der Waals surface area contributed by atoms with Crippen LogP contribution in [0, 0.1) is 12.7 Å². The Labute approximate surface area is 145 Å². The van der Waals surface area contributed by atoms with Crippen LogP contribution in [-0.2, 0) is 13.1 Å². The van der Waals surface area contributed by atoms with Crippen LogP contribution in [0.5, 0.6) is 0 Å². The Morgan fingerprint density at radius 2 is 2.00 bits per heavy atom. The third kappa shape index (κ3) is 4.19.